The molecule has 0 saturated carbocycles. The second-order valence-electron chi connectivity index (χ2n) is 4.15. The van der Waals surface area contributed by atoms with Crippen molar-refractivity contribution in [3.8, 4) is 0 Å². The van der Waals surface area contributed by atoms with Crippen molar-refractivity contribution in [2.75, 3.05) is 24.2 Å². The molecule has 0 aromatic heterocycles. The van der Waals surface area contributed by atoms with Gasteiger partial charge in [0.15, 0.2) is 0 Å². The molecule has 96 valence electrons. The maximum Gasteiger partial charge on any atom is 0.265 e. The van der Waals surface area contributed by atoms with E-state index in [1.54, 1.807) is 12.1 Å². The number of aliphatic hydroxyl groups excluding tert-OH is 1. The molecule has 4 N–H and O–H groups in total. The second kappa shape index (κ2) is 6.39. The van der Waals surface area contributed by atoms with Crippen LogP contribution in [-0.4, -0.2) is 18.3 Å². The first-order valence-electron chi connectivity index (χ1n) is 5.57. The van der Waals surface area contributed by atoms with E-state index in [9.17, 15) is 8.78 Å². The Hall–Kier alpha value is -1.36. The van der Waals surface area contributed by atoms with Crippen molar-refractivity contribution in [2.45, 2.75) is 19.8 Å². The Morgan fingerprint density at radius 1 is 1.41 bits per heavy atom. The molecule has 0 heterocycles. The van der Waals surface area contributed by atoms with Crippen LogP contribution in [0.3, 0.4) is 0 Å². The molecular weight excluding hydrogens is 226 g/mol. The molecule has 5 heteroatoms. The molecule has 1 rings (SSSR count). The first kappa shape index (κ1) is 13.7. The van der Waals surface area contributed by atoms with Gasteiger partial charge in [-0.05, 0) is 30.5 Å². The summed E-state index contributed by atoms with van der Waals surface area (Å²) in [5, 5.41) is 11.7. The van der Waals surface area contributed by atoms with Gasteiger partial charge in [0.1, 0.15) is 0 Å². The fourth-order valence-corrected chi connectivity index (χ4v) is 1.53. The van der Waals surface area contributed by atoms with E-state index >= 15 is 0 Å². The SMILES string of the molecule is CC(CCO)CNc1ccc(N)cc1C(F)F. The largest absolute Gasteiger partial charge is 0.399 e. The lowest BCUT2D eigenvalue weighted by Crippen LogP contribution is -2.13. The van der Waals surface area contributed by atoms with E-state index in [1.807, 2.05) is 6.92 Å². The van der Waals surface area contributed by atoms with Gasteiger partial charge in [0, 0.05) is 30.1 Å². The Morgan fingerprint density at radius 3 is 2.71 bits per heavy atom. The standard InChI is InChI=1S/C12H18F2N2O/c1-8(4-5-17)7-16-11-3-2-9(15)6-10(11)12(13)14/h2-3,6,8,12,16-17H,4-5,7,15H2,1H3. The molecular formula is C12H18F2N2O. The molecule has 0 radical (unpaired) electrons. The summed E-state index contributed by atoms with van der Waals surface area (Å²) >= 11 is 0. The number of alkyl halides is 2. The Morgan fingerprint density at radius 2 is 2.12 bits per heavy atom. The number of benzene rings is 1. The maximum absolute atomic E-state index is 12.7. The number of nitrogens with one attached hydrogen (secondary N) is 1. The van der Waals surface area contributed by atoms with Crippen molar-refractivity contribution < 1.29 is 13.9 Å². The monoisotopic (exact) mass is 244 g/mol. The highest BCUT2D eigenvalue weighted by molar-refractivity contribution is 5.58. The average molecular weight is 244 g/mol. The molecule has 0 fully saturated rings. The van der Waals surface area contributed by atoms with E-state index < -0.39 is 6.43 Å². The van der Waals surface area contributed by atoms with Crippen molar-refractivity contribution in [2.24, 2.45) is 5.92 Å². The van der Waals surface area contributed by atoms with Gasteiger partial charge in [0.2, 0.25) is 0 Å². The van der Waals surface area contributed by atoms with Crippen LogP contribution < -0.4 is 11.1 Å². The van der Waals surface area contributed by atoms with Crippen LogP contribution in [0.15, 0.2) is 18.2 Å². The van der Waals surface area contributed by atoms with Gasteiger partial charge in [-0.2, -0.15) is 0 Å². The molecule has 0 amide bonds. The normalized spacial score (nSPS) is 12.8. The lowest BCUT2D eigenvalue weighted by molar-refractivity contribution is 0.152. The van der Waals surface area contributed by atoms with Crippen molar-refractivity contribution in [1.82, 2.24) is 0 Å². The highest BCUT2D eigenvalue weighted by atomic mass is 19.3. The average Bonchev–Trinajstić information content (AvgIpc) is 2.27. The number of hydrogen-bond acceptors (Lipinski definition) is 3. The van der Waals surface area contributed by atoms with Crippen molar-refractivity contribution in [3.63, 3.8) is 0 Å². The summed E-state index contributed by atoms with van der Waals surface area (Å²) < 4.78 is 25.5. The number of halogens is 2. The minimum atomic E-state index is -2.55. The van der Waals surface area contributed by atoms with Crippen LogP contribution in [0.25, 0.3) is 0 Å². The van der Waals surface area contributed by atoms with Crippen LogP contribution in [0.2, 0.25) is 0 Å². The first-order chi connectivity index (χ1) is 8.04. The van der Waals surface area contributed by atoms with Gasteiger partial charge in [-0.1, -0.05) is 6.92 Å². The molecule has 0 aliphatic carbocycles. The Kier molecular flexibility index (Phi) is 5.15. The smallest absolute Gasteiger partial charge is 0.265 e. The molecule has 3 nitrogen and oxygen atoms in total. The van der Waals surface area contributed by atoms with Crippen LogP contribution >= 0.6 is 0 Å². The third kappa shape index (κ3) is 4.19. The topological polar surface area (TPSA) is 58.3 Å². The van der Waals surface area contributed by atoms with Crippen LogP contribution in [0.5, 0.6) is 0 Å². The predicted molar refractivity (Wildman–Crippen MR) is 65.2 cm³/mol. The molecule has 1 atom stereocenters. The summed E-state index contributed by atoms with van der Waals surface area (Å²) in [6.45, 7) is 2.60. The summed E-state index contributed by atoms with van der Waals surface area (Å²) in [4.78, 5) is 0. The Bertz CT molecular complexity index is 358. The van der Waals surface area contributed by atoms with Crippen LogP contribution in [0.4, 0.5) is 20.2 Å². The van der Waals surface area contributed by atoms with Gasteiger partial charge in [-0.3, -0.25) is 0 Å². The summed E-state index contributed by atoms with van der Waals surface area (Å²) in [6.07, 6.45) is -1.90. The van der Waals surface area contributed by atoms with Crippen molar-refractivity contribution in [3.05, 3.63) is 23.8 Å². The van der Waals surface area contributed by atoms with E-state index in [4.69, 9.17) is 10.8 Å². The highest BCUT2D eigenvalue weighted by Gasteiger charge is 2.13. The van der Waals surface area contributed by atoms with Gasteiger partial charge in [0.25, 0.3) is 6.43 Å². The maximum atomic E-state index is 12.7. The molecule has 17 heavy (non-hydrogen) atoms. The summed E-state index contributed by atoms with van der Waals surface area (Å²) in [5.41, 5.74) is 6.12. The van der Waals surface area contributed by atoms with E-state index in [0.717, 1.165) is 0 Å². The second-order valence-corrected chi connectivity index (χ2v) is 4.15. The van der Waals surface area contributed by atoms with Crippen molar-refractivity contribution in [1.29, 1.82) is 0 Å². The number of anilines is 2. The van der Waals surface area contributed by atoms with Crippen LogP contribution in [0, 0.1) is 5.92 Å². The number of nitrogens with two attached hydrogens (primary N) is 1. The summed E-state index contributed by atoms with van der Waals surface area (Å²) in [6, 6.07) is 4.43. The molecule has 1 aromatic carbocycles. The van der Waals surface area contributed by atoms with E-state index in [0.29, 0.717) is 24.3 Å². The molecule has 0 bridgehead atoms. The molecule has 1 aromatic rings. The Labute approximate surface area is 99.6 Å². The van der Waals surface area contributed by atoms with Gasteiger partial charge < -0.3 is 16.2 Å². The summed E-state index contributed by atoms with van der Waals surface area (Å²) in [7, 11) is 0. The zero-order chi connectivity index (χ0) is 12.8. The number of hydrogen-bond donors (Lipinski definition) is 3. The summed E-state index contributed by atoms with van der Waals surface area (Å²) in [5.74, 6) is 0.225. The predicted octanol–water partition coefficient (Wildman–Crippen LogP) is 2.64. The quantitative estimate of drug-likeness (QED) is 0.674. The zero-order valence-corrected chi connectivity index (χ0v) is 9.79. The number of rotatable bonds is 6. The van der Waals surface area contributed by atoms with E-state index in [-0.39, 0.29) is 18.1 Å². The third-order valence-corrected chi connectivity index (χ3v) is 2.57. The lowest BCUT2D eigenvalue weighted by Gasteiger charge is -2.15. The fraction of sp³-hybridized carbons (Fsp3) is 0.500. The molecule has 0 saturated heterocycles. The van der Waals surface area contributed by atoms with Crippen LogP contribution in [0.1, 0.15) is 25.3 Å². The van der Waals surface area contributed by atoms with Crippen molar-refractivity contribution >= 4 is 11.4 Å². The molecule has 0 aliphatic heterocycles. The van der Waals surface area contributed by atoms with E-state index in [1.165, 1.54) is 6.07 Å². The molecule has 0 spiro atoms. The van der Waals surface area contributed by atoms with Crippen LogP contribution in [-0.2, 0) is 0 Å². The number of aliphatic hydroxyl groups is 1. The Balaban J connectivity index is 2.70. The third-order valence-electron chi connectivity index (χ3n) is 2.57. The highest BCUT2D eigenvalue weighted by Crippen LogP contribution is 2.29. The lowest BCUT2D eigenvalue weighted by atomic mass is 10.1. The molecule has 0 aliphatic rings. The fourth-order valence-electron chi connectivity index (χ4n) is 1.53. The molecule has 1 unspecified atom stereocenters. The first-order valence-corrected chi connectivity index (χ1v) is 5.57. The van der Waals surface area contributed by atoms with Gasteiger partial charge in [0.05, 0.1) is 0 Å². The van der Waals surface area contributed by atoms with Gasteiger partial charge >= 0.3 is 0 Å². The van der Waals surface area contributed by atoms with Gasteiger partial charge in [-0.25, -0.2) is 8.78 Å². The number of nitrogen functional groups attached to an aromatic ring is 1. The zero-order valence-electron chi connectivity index (χ0n) is 9.79. The van der Waals surface area contributed by atoms with Gasteiger partial charge in [-0.15, -0.1) is 0 Å². The minimum absolute atomic E-state index is 0.0822. The minimum Gasteiger partial charge on any atom is -0.399 e. The van der Waals surface area contributed by atoms with E-state index in [2.05, 4.69) is 5.32 Å².